The molecule has 0 unspecified atom stereocenters. The molecule has 0 spiro atoms. The van der Waals surface area contributed by atoms with E-state index in [1.165, 1.54) is 22.1 Å². The first-order valence-electron chi connectivity index (χ1n) is 14.9. The quantitative estimate of drug-likeness (QED) is 0.199. The minimum atomic E-state index is -1.69. The van der Waals surface area contributed by atoms with E-state index in [4.69, 9.17) is 4.74 Å². The Morgan fingerprint density at radius 1 is 1.05 bits per heavy atom. The van der Waals surface area contributed by atoms with Crippen molar-refractivity contribution in [3.05, 3.63) is 95.3 Å². The van der Waals surface area contributed by atoms with Crippen LogP contribution >= 0.6 is 0 Å². The Bertz CT molecular complexity index is 1590. The van der Waals surface area contributed by atoms with Crippen LogP contribution < -0.4 is 10.4 Å². The van der Waals surface area contributed by atoms with E-state index in [0.717, 1.165) is 29.7 Å². The number of fused-ring (bicyclic) bond motifs is 3. The lowest BCUT2D eigenvalue weighted by Gasteiger charge is -2.32. The maximum atomic E-state index is 13.9. The lowest BCUT2D eigenvalue weighted by Crippen LogP contribution is -2.35. The molecule has 2 aromatic carbocycles. The normalized spacial score (nSPS) is 23.5. The number of carbonyl (C=O) groups excluding carboxylic acids is 2. The second-order valence-electron chi connectivity index (χ2n) is 11.6. The fraction of sp³-hybridized carbons (Fsp3) is 0.324. The number of aromatic hydroxyl groups is 1. The number of allylic oxidation sites excluding steroid dienone is 2. The fourth-order valence-electron chi connectivity index (χ4n) is 7.02. The molecule has 43 heavy (non-hydrogen) atoms. The molecule has 0 radical (unpaired) electrons. The third kappa shape index (κ3) is 5.68. The van der Waals surface area contributed by atoms with E-state index in [2.05, 4.69) is 11.9 Å². The number of benzene rings is 2. The number of phenolic OH excluding ortho intramolecular Hbond substituents is 1. The van der Waals surface area contributed by atoms with Crippen molar-refractivity contribution in [3.8, 4) is 5.75 Å². The molecular formula is C34H35BN2O6. The number of aromatic nitrogens is 1. The Kier molecular flexibility index (Phi) is 8.30. The second kappa shape index (κ2) is 12.3. The summed E-state index contributed by atoms with van der Waals surface area (Å²) in [6.07, 6.45) is 7.30. The van der Waals surface area contributed by atoms with Crippen molar-refractivity contribution in [1.29, 1.82) is 0 Å². The highest BCUT2D eigenvalue weighted by Crippen LogP contribution is 2.51. The number of anilines is 1. The number of imide groups is 1. The summed E-state index contributed by atoms with van der Waals surface area (Å²) in [4.78, 5) is 33.4. The summed E-state index contributed by atoms with van der Waals surface area (Å²) in [5.74, 6) is -1.42. The number of amides is 2. The highest BCUT2D eigenvalue weighted by Gasteiger charge is 2.57. The molecule has 0 saturated carbocycles. The number of pyridine rings is 1. The number of ether oxygens (including phenoxy) is 1. The number of carbonyl (C=O) groups is 2. The van der Waals surface area contributed by atoms with Gasteiger partial charge in [0.2, 0.25) is 11.8 Å². The smallest absolute Gasteiger partial charge is 0.488 e. The Hall–Kier alpha value is -4.05. The summed E-state index contributed by atoms with van der Waals surface area (Å²) >= 11 is 0. The first-order valence-corrected chi connectivity index (χ1v) is 14.9. The molecule has 2 fully saturated rings. The third-order valence-corrected chi connectivity index (χ3v) is 8.87. The van der Waals surface area contributed by atoms with Gasteiger partial charge in [0.1, 0.15) is 5.75 Å². The molecule has 2 amide bonds. The van der Waals surface area contributed by atoms with Crippen LogP contribution in [0.4, 0.5) is 5.69 Å². The average molecular weight is 578 g/mol. The standard InChI is InChI=1S/C34H35BN2O6/c1-2-7-23-18-27-32(34(40)37(33(27)39)25-10-6-9-24(19-25)35(41)42)28-20-43-30(31(23)28)14-13-22(29-12-3-4-15-36-29)16-21-8-5-11-26(38)17-21/h3-6,8-12,15-17,19,27-28,30,32,38,41-42H,2,7,13-14,18,20H2,1H3/b22-16-/t27-,28+,30-,32-/m1/s1. The molecule has 8 nitrogen and oxygen atoms in total. The van der Waals surface area contributed by atoms with Crippen molar-refractivity contribution < 1.29 is 29.5 Å². The molecule has 1 aliphatic carbocycles. The summed E-state index contributed by atoms with van der Waals surface area (Å²) in [5, 5.41) is 29.3. The molecule has 3 aromatic rings. The molecule has 2 aliphatic heterocycles. The van der Waals surface area contributed by atoms with Crippen molar-refractivity contribution in [3.63, 3.8) is 0 Å². The van der Waals surface area contributed by atoms with Crippen LogP contribution in [-0.2, 0) is 14.3 Å². The van der Waals surface area contributed by atoms with Crippen LogP contribution in [0.2, 0.25) is 0 Å². The molecule has 6 rings (SSSR count). The van der Waals surface area contributed by atoms with Gasteiger partial charge in [-0.15, -0.1) is 0 Å². The van der Waals surface area contributed by atoms with Crippen LogP contribution in [0.1, 0.15) is 50.3 Å². The van der Waals surface area contributed by atoms with Gasteiger partial charge in [-0.1, -0.05) is 49.2 Å². The number of rotatable bonds is 9. The molecule has 3 heterocycles. The Labute approximate surface area is 251 Å². The van der Waals surface area contributed by atoms with Gasteiger partial charge >= 0.3 is 7.12 Å². The summed E-state index contributed by atoms with van der Waals surface area (Å²) in [5.41, 5.74) is 5.73. The number of hydrogen-bond acceptors (Lipinski definition) is 7. The third-order valence-electron chi connectivity index (χ3n) is 8.87. The fourth-order valence-corrected chi connectivity index (χ4v) is 7.02. The van der Waals surface area contributed by atoms with Gasteiger partial charge in [0, 0.05) is 12.1 Å². The van der Waals surface area contributed by atoms with Crippen molar-refractivity contribution in [2.75, 3.05) is 11.5 Å². The predicted molar refractivity (Wildman–Crippen MR) is 165 cm³/mol. The van der Waals surface area contributed by atoms with E-state index in [1.807, 2.05) is 36.4 Å². The molecule has 3 N–H and O–H groups in total. The monoisotopic (exact) mass is 578 g/mol. The van der Waals surface area contributed by atoms with E-state index in [-0.39, 0.29) is 35.0 Å². The Balaban J connectivity index is 1.28. The number of phenols is 1. The zero-order valence-electron chi connectivity index (χ0n) is 24.1. The van der Waals surface area contributed by atoms with E-state index in [1.54, 1.807) is 36.5 Å². The van der Waals surface area contributed by atoms with Gasteiger partial charge in [0.25, 0.3) is 0 Å². The van der Waals surface area contributed by atoms with Crippen LogP contribution in [0.15, 0.2) is 84.1 Å². The SMILES string of the molecule is CCCC1=C2[C@@H](CC/C(=C/c3cccc(O)c3)c3ccccn3)OC[C@@H]2[C@@H]2C(=O)N(c3cccc(B(O)O)c3)C(=O)[C@@H]2C1. The molecule has 9 heteroatoms. The van der Waals surface area contributed by atoms with Gasteiger partial charge in [-0.05, 0) is 90.3 Å². The first kappa shape index (κ1) is 29.0. The van der Waals surface area contributed by atoms with E-state index in [0.29, 0.717) is 31.6 Å². The summed E-state index contributed by atoms with van der Waals surface area (Å²) in [6, 6.07) is 19.3. The summed E-state index contributed by atoms with van der Waals surface area (Å²) in [6.45, 7) is 2.50. The van der Waals surface area contributed by atoms with Crippen LogP contribution in [0.25, 0.3) is 11.6 Å². The van der Waals surface area contributed by atoms with Gasteiger partial charge in [0.05, 0.1) is 35.9 Å². The van der Waals surface area contributed by atoms with Gasteiger partial charge < -0.3 is 19.9 Å². The Morgan fingerprint density at radius 2 is 1.88 bits per heavy atom. The number of nitrogens with zero attached hydrogens (tertiary/aromatic N) is 2. The lowest BCUT2D eigenvalue weighted by molar-refractivity contribution is -0.122. The van der Waals surface area contributed by atoms with Crippen molar-refractivity contribution in [2.45, 2.75) is 45.1 Å². The van der Waals surface area contributed by atoms with Crippen molar-refractivity contribution >= 4 is 41.7 Å². The zero-order chi connectivity index (χ0) is 30.1. The van der Waals surface area contributed by atoms with Gasteiger partial charge in [-0.25, -0.2) is 0 Å². The maximum Gasteiger partial charge on any atom is 0.488 e. The van der Waals surface area contributed by atoms with Crippen LogP contribution in [0.5, 0.6) is 5.75 Å². The molecule has 2 saturated heterocycles. The minimum absolute atomic E-state index is 0.173. The van der Waals surface area contributed by atoms with Gasteiger partial charge in [0.15, 0.2) is 0 Å². The largest absolute Gasteiger partial charge is 0.508 e. The van der Waals surface area contributed by atoms with E-state index >= 15 is 0 Å². The Morgan fingerprint density at radius 3 is 2.63 bits per heavy atom. The predicted octanol–water partition coefficient (Wildman–Crippen LogP) is 4.11. The second-order valence-corrected chi connectivity index (χ2v) is 11.6. The number of hydrogen-bond donors (Lipinski definition) is 3. The summed E-state index contributed by atoms with van der Waals surface area (Å²) in [7, 11) is -1.69. The minimum Gasteiger partial charge on any atom is -0.508 e. The molecule has 4 atom stereocenters. The van der Waals surface area contributed by atoms with Crippen LogP contribution in [-0.4, -0.2) is 51.8 Å². The molecule has 3 aliphatic rings. The lowest BCUT2D eigenvalue weighted by atomic mass is 9.68. The van der Waals surface area contributed by atoms with Crippen molar-refractivity contribution in [1.82, 2.24) is 4.98 Å². The maximum absolute atomic E-state index is 13.9. The molecule has 0 bridgehead atoms. The highest BCUT2D eigenvalue weighted by molar-refractivity contribution is 6.58. The van der Waals surface area contributed by atoms with Crippen LogP contribution in [0, 0.1) is 17.8 Å². The zero-order valence-corrected chi connectivity index (χ0v) is 24.1. The molecule has 220 valence electrons. The van der Waals surface area contributed by atoms with Crippen molar-refractivity contribution in [2.24, 2.45) is 17.8 Å². The van der Waals surface area contributed by atoms with Gasteiger partial charge in [-0.2, -0.15) is 0 Å². The molecular weight excluding hydrogens is 543 g/mol. The average Bonchev–Trinajstić information content (AvgIpc) is 3.54. The van der Waals surface area contributed by atoms with Gasteiger partial charge in [-0.3, -0.25) is 19.5 Å². The molecule has 1 aromatic heterocycles. The first-order chi connectivity index (χ1) is 20.9. The van der Waals surface area contributed by atoms with E-state index in [9.17, 15) is 24.7 Å². The van der Waals surface area contributed by atoms with Crippen LogP contribution in [0.3, 0.4) is 0 Å². The topological polar surface area (TPSA) is 120 Å². The van der Waals surface area contributed by atoms with E-state index < -0.39 is 19.0 Å². The summed E-state index contributed by atoms with van der Waals surface area (Å²) < 4.78 is 6.42. The highest BCUT2D eigenvalue weighted by atomic mass is 16.5.